The van der Waals surface area contributed by atoms with Gasteiger partial charge in [-0.15, -0.1) is 0 Å². The van der Waals surface area contributed by atoms with Gasteiger partial charge in [0.1, 0.15) is 5.75 Å². The number of amides is 2. The maximum atomic E-state index is 12.3. The van der Waals surface area contributed by atoms with E-state index in [-0.39, 0.29) is 17.9 Å². The summed E-state index contributed by atoms with van der Waals surface area (Å²) in [5.41, 5.74) is 2.12. The van der Waals surface area contributed by atoms with Crippen LogP contribution in [0.2, 0.25) is 0 Å². The number of nitrogens with one attached hydrogen (secondary N) is 2. The van der Waals surface area contributed by atoms with E-state index in [2.05, 4.69) is 10.6 Å². The standard InChI is InChI=1S/C20H24N2O3/c1-13(2)21-20(24)16-8-6-9-17(12-16)22-19(23)15(4)25-18-10-5-7-14(3)11-18/h5-13,15H,1-4H3,(H,21,24)(H,22,23). The van der Waals surface area contributed by atoms with Crippen LogP contribution in [0.25, 0.3) is 0 Å². The predicted octanol–water partition coefficient (Wildman–Crippen LogP) is 3.54. The van der Waals surface area contributed by atoms with Crippen LogP contribution in [0.5, 0.6) is 5.75 Å². The molecule has 0 fully saturated rings. The topological polar surface area (TPSA) is 67.4 Å². The summed E-state index contributed by atoms with van der Waals surface area (Å²) in [5, 5.41) is 5.61. The third-order valence-electron chi connectivity index (χ3n) is 3.48. The number of hydrogen-bond donors (Lipinski definition) is 2. The maximum absolute atomic E-state index is 12.3. The Bertz CT molecular complexity index is 756. The van der Waals surface area contributed by atoms with Crippen LogP contribution in [0.4, 0.5) is 5.69 Å². The molecule has 2 amide bonds. The molecule has 1 unspecified atom stereocenters. The molecule has 0 spiro atoms. The van der Waals surface area contributed by atoms with Crippen LogP contribution in [0.3, 0.4) is 0 Å². The quantitative estimate of drug-likeness (QED) is 0.845. The molecule has 0 bridgehead atoms. The van der Waals surface area contributed by atoms with E-state index in [4.69, 9.17) is 4.74 Å². The van der Waals surface area contributed by atoms with Crippen molar-refractivity contribution in [2.75, 3.05) is 5.32 Å². The summed E-state index contributed by atoms with van der Waals surface area (Å²) in [4.78, 5) is 24.4. The SMILES string of the molecule is Cc1cccc(OC(C)C(=O)Nc2cccc(C(=O)NC(C)C)c2)c1. The molecule has 2 N–H and O–H groups in total. The number of aryl methyl sites for hydroxylation is 1. The number of benzene rings is 2. The third-order valence-corrected chi connectivity index (χ3v) is 3.48. The van der Waals surface area contributed by atoms with E-state index in [0.29, 0.717) is 17.0 Å². The van der Waals surface area contributed by atoms with Crippen molar-refractivity contribution in [3.63, 3.8) is 0 Å². The van der Waals surface area contributed by atoms with E-state index in [1.54, 1.807) is 31.2 Å². The fourth-order valence-corrected chi connectivity index (χ4v) is 2.27. The number of carbonyl (C=O) groups excluding carboxylic acids is 2. The molecule has 0 saturated heterocycles. The highest BCUT2D eigenvalue weighted by Gasteiger charge is 2.16. The van der Waals surface area contributed by atoms with Gasteiger partial charge in [0.05, 0.1) is 0 Å². The summed E-state index contributed by atoms with van der Waals surface area (Å²) in [7, 11) is 0. The maximum Gasteiger partial charge on any atom is 0.265 e. The first-order valence-electron chi connectivity index (χ1n) is 8.30. The number of hydrogen-bond acceptors (Lipinski definition) is 3. The average Bonchev–Trinajstić information content (AvgIpc) is 2.54. The number of rotatable bonds is 6. The fourth-order valence-electron chi connectivity index (χ4n) is 2.27. The highest BCUT2D eigenvalue weighted by Crippen LogP contribution is 2.16. The van der Waals surface area contributed by atoms with Crippen LogP contribution < -0.4 is 15.4 Å². The minimum Gasteiger partial charge on any atom is -0.481 e. The molecule has 0 saturated carbocycles. The third kappa shape index (κ3) is 5.64. The fraction of sp³-hybridized carbons (Fsp3) is 0.300. The summed E-state index contributed by atoms with van der Waals surface area (Å²) in [5.74, 6) is 0.200. The van der Waals surface area contributed by atoms with Crippen molar-refractivity contribution in [3.05, 3.63) is 59.7 Å². The molecular formula is C20H24N2O3. The van der Waals surface area contributed by atoms with Crippen LogP contribution in [-0.2, 0) is 4.79 Å². The number of anilines is 1. The van der Waals surface area contributed by atoms with Crippen LogP contribution in [0.15, 0.2) is 48.5 Å². The van der Waals surface area contributed by atoms with Gasteiger partial charge in [-0.25, -0.2) is 0 Å². The van der Waals surface area contributed by atoms with Gasteiger partial charge in [-0.1, -0.05) is 18.2 Å². The van der Waals surface area contributed by atoms with Crippen molar-refractivity contribution in [2.45, 2.75) is 39.8 Å². The number of ether oxygens (including phenoxy) is 1. The lowest BCUT2D eigenvalue weighted by atomic mass is 10.1. The molecular weight excluding hydrogens is 316 g/mol. The second-order valence-corrected chi connectivity index (χ2v) is 6.27. The van der Waals surface area contributed by atoms with Gasteiger partial charge in [0.25, 0.3) is 11.8 Å². The first kappa shape index (κ1) is 18.5. The van der Waals surface area contributed by atoms with Gasteiger partial charge in [-0.3, -0.25) is 9.59 Å². The first-order valence-corrected chi connectivity index (χ1v) is 8.30. The Morgan fingerprint density at radius 2 is 1.72 bits per heavy atom. The summed E-state index contributed by atoms with van der Waals surface area (Å²) in [6.07, 6.45) is -0.657. The molecule has 0 aliphatic rings. The summed E-state index contributed by atoms with van der Waals surface area (Å²) in [6, 6.07) is 14.4. The highest BCUT2D eigenvalue weighted by molar-refractivity contribution is 5.98. The Morgan fingerprint density at radius 1 is 1.00 bits per heavy atom. The lowest BCUT2D eigenvalue weighted by molar-refractivity contribution is -0.122. The molecule has 0 aliphatic heterocycles. The van der Waals surface area contributed by atoms with Gasteiger partial charge in [-0.2, -0.15) is 0 Å². The zero-order chi connectivity index (χ0) is 18.4. The van der Waals surface area contributed by atoms with E-state index in [1.807, 2.05) is 45.0 Å². The zero-order valence-corrected chi connectivity index (χ0v) is 15.0. The van der Waals surface area contributed by atoms with Crippen molar-refractivity contribution < 1.29 is 14.3 Å². The second kappa shape index (κ2) is 8.33. The van der Waals surface area contributed by atoms with Gasteiger partial charge in [0.15, 0.2) is 6.10 Å². The van der Waals surface area contributed by atoms with Crippen LogP contribution >= 0.6 is 0 Å². The van der Waals surface area contributed by atoms with E-state index in [0.717, 1.165) is 5.56 Å². The minimum absolute atomic E-state index is 0.0495. The molecule has 0 aliphatic carbocycles. The van der Waals surface area contributed by atoms with E-state index in [9.17, 15) is 9.59 Å². The first-order chi connectivity index (χ1) is 11.8. The van der Waals surface area contributed by atoms with E-state index >= 15 is 0 Å². The Hall–Kier alpha value is -2.82. The van der Waals surface area contributed by atoms with Gasteiger partial charge < -0.3 is 15.4 Å². The van der Waals surface area contributed by atoms with Crippen LogP contribution in [0.1, 0.15) is 36.7 Å². The summed E-state index contributed by atoms with van der Waals surface area (Å²) in [6.45, 7) is 7.44. The molecule has 25 heavy (non-hydrogen) atoms. The smallest absolute Gasteiger partial charge is 0.265 e. The normalized spacial score (nSPS) is 11.7. The Morgan fingerprint density at radius 3 is 2.40 bits per heavy atom. The van der Waals surface area contributed by atoms with Gasteiger partial charge in [0.2, 0.25) is 0 Å². The van der Waals surface area contributed by atoms with Gasteiger partial charge >= 0.3 is 0 Å². The second-order valence-electron chi connectivity index (χ2n) is 6.27. The minimum atomic E-state index is -0.657. The number of carbonyl (C=O) groups is 2. The Labute approximate surface area is 148 Å². The van der Waals surface area contributed by atoms with E-state index in [1.165, 1.54) is 0 Å². The molecule has 0 radical (unpaired) electrons. The molecule has 5 nitrogen and oxygen atoms in total. The molecule has 5 heteroatoms. The predicted molar refractivity (Wildman–Crippen MR) is 98.9 cm³/mol. The largest absolute Gasteiger partial charge is 0.481 e. The molecule has 132 valence electrons. The lowest BCUT2D eigenvalue weighted by Crippen LogP contribution is -2.31. The molecule has 0 aromatic heterocycles. The molecule has 2 aromatic rings. The summed E-state index contributed by atoms with van der Waals surface area (Å²) < 4.78 is 5.67. The molecule has 2 rings (SSSR count). The van der Waals surface area contributed by atoms with Crippen molar-refractivity contribution in [2.24, 2.45) is 0 Å². The Balaban J connectivity index is 2.01. The van der Waals surface area contributed by atoms with Crippen molar-refractivity contribution >= 4 is 17.5 Å². The summed E-state index contributed by atoms with van der Waals surface area (Å²) >= 11 is 0. The monoisotopic (exact) mass is 340 g/mol. The van der Waals surface area contributed by atoms with Crippen LogP contribution in [-0.4, -0.2) is 24.0 Å². The lowest BCUT2D eigenvalue weighted by Gasteiger charge is -2.15. The molecule has 1 atom stereocenters. The average molecular weight is 340 g/mol. The Kier molecular flexibility index (Phi) is 6.17. The highest BCUT2D eigenvalue weighted by atomic mass is 16.5. The van der Waals surface area contributed by atoms with Crippen molar-refractivity contribution in [1.29, 1.82) is 0 Å². The van der Waals surface area contributed by atoms with Crippen molar-refractivity contribution in [1.82, 2.24) is 5.32 Å². The molecule has 0 heterocycles. The zero-order valence-electron chi connectivity index (χ0n) is 15.0. The molecule has 2 aromatic carbocycles. The van der Waals surface area contributed by atoms with E-state index < -0.39 is 6.10 Å². The van der Waals surface area contributed by atoms with Crippen LogP contribution in [0, 0.1) is 6.92 Å². The van der Waals surface area contributed by atoms with Crippen molar-refractivity contribution in [3.8, 4) is 5.75 Å². The van der Waals surface area contributed by atoms with Gasteiger partial charge in [0, 0.05) is 17.3 Å². The van der Waals surface area contributed by atoms with Gasteiger partial charge in [-0.05, 0) is 63.6 Å².